The summed E-state index contributed by atoms with van der Waals surface area (Å²) in [5.74, 6) is 2.44. The molecular formula is C27H34O11. The molecule has 0 unspecified atom stereocenters. The molecule has 0 bridgehead atoms. The second kappa shape index (κ2) is 20.1. The van der Waals surface area contributed by atoms with Gasteiger partial charge in [-0.15, -0.1) is 0 Å². The highest BCUT2D eigenvalue weighted by Crippen LogP contribution is 2.26. The van der Waals surface area contributed by atoms with E-state index < -0.39 is 0 Å². The van der Waals surface area contributed by atoms with Gasteiger partial charge in [-0.1, -0.05) is 18.2 Å². The van der Waals surface area contributed by atoms with E-state index in [9.17, 15) is 4.79 Å². The Balaban J connectivity index is 0.000000300. The second-order valence-corrected chi connectivity index (χ2v) is 6.98. The van der Waals surface area contributed by atoms with Crippen molar-refractivity contribution in [3.8, 4) is 34.5 Å². The molecule has 0 aliphatic rings. The van der Waals surface area contributed by atoms with Crippen molar-refractivity contribution in [2.75, 3.05) is 55.6 Å². The zero-order valence-corrected chi connectivity index (χ0v) is 21.8. The van der Waals surface area contributed by atoms with Gasteiger partial charge < -0.3 is 48.1 Å². The van der Waals surface area contributed by atoms with Crippen LogP contribution in [0.2, 0.25) is 0 Å². The standard InChI is InChI=1S/C11H14O5.C10H14O4.C6H6O2/c1-13-7-15-10-4-3-5-11(9(10)6-12)16-8-14-2;1-11-7-13-9-4-3-5-10(6-9)14-8-12-2;7-5-2-1-3-6(8)4-5/h3-6H,7-8H2,1-2H3;3-6H,7-8H2,1-2H3;1-4,7-8H. The predicted molar refractivity (Wildman–Crippen MR) is 138 cm³/mol. The maximum absolute atomic E-state index is 10.9. The van der Waals surface area contributed by atoms with E-state index in [2.05, 4.69) is 0 Å². The van der Waals surface area contributed by atoms with Gasteiger partial charge in [-0.3, -0.25) is 4.79 Å². The van der Waals surface area contributed by atoms with Crippen LogP contribution in [0.15, 0.2) is 66.7 Å². The summed E-state index contributed by atoms with van der Waals surface area (Å²) >= 11 is 0. The number of aldehydes is 1. The SMILES string of the molecule is COCOc1cccc(OCOC)c1.COCOc1cccc(OCOC)c1C=O.Oc1cccc(O)c1. The molecule has 3 aromatic carbocycles. The predicted octanol–water partition coefficient (Wildman–Crippen LogP) is 4.21. The van der Waals surface area contributed by atoms with Crippen molar-refractivity contribution in [2.45, 2.75) is 0 Å². The van der Waals surface area contributed by atoms with Crippen LogP contribution in [0.1, 0.15) is 10.4 Å². The van der Waals surface area contributed by atoms with Crippen molar-refractivity contribution >= 4 is 6.29 Å². The smallest absolute Gasteiger partial charge is 0.188 e. The topological polar surface area (TPSA) is 131 Å². The summed E-state index contributed by atoms with van der Waals surface area (Å²) in [7, 11) is 6.16. The summed E-state index contributed by atoms with van der Waals surface area (Å²) in [5, 5.41) is 17.3. The van der Waals surface area contributed by atoms with Crippen molar-refractivity contribution in [3.05, 3.63) is 72.3 Å². The fourth-order valence-corrected chi connectivity index (χ4v) is 2.54. The number of rotatable bonds is 13. The first kappa shape index (κ1) is 32.0. The molecule has 11 nitrogen and oxygen atoms in total. The van der Waals surface area contributed by atoms with Crippen molar-refractivity contribution in [3.63, 3.8) is 0 Å². The molecule has 0 aliphatic heterocycles. The van der Waals surface area contributed by atoms with Crippen LogP contribution in [0, 0.1) is 0 Å². The van der Waals surface area contributed by atoms with Gasteiger partial charge in [0.05, 0.1) is 5.56 Å². The first-order chi connectivity index (χ1) is 18.5. The van der Waals surface area contributed by atoms with Gasteiger partial charge in [0.25, 0.3) is 0 Å². The Hall–Kier alpha value is -4.03. The van der Waals surface area contributed by atoms with E-state index in [0.717, 1.165) is 0 Å². The van der Waals surface area contributed by atoms with Crippen LogP contribution >= 0.6 is 0 Å². The number of phenolic OH excluding ortho intramolecular Hbond substituents is 2. The van der Waals surface area contributed by atoms with Crippen LogP contribution in [0.25, 0.3) is 0 Å². The van der Waals surface area contributed by atoms with E-state index in [1.54, 1.807) is 44.6 Å². The van der Waals surface area contributed by atoms with Crippen LogP contribution in [0.5, 0.6) is 34.5 Å². The largest absolute Gasteiger partial charge is 0.508 e. The summed E-state index contributed by atoms with van der Waals surface area (Å²) in [6.07, 6.45) is 0.677. The Morgan fingerprint density at radius 1 is 0.579 bits per heavy atom. The third kappa shape index (κ3) is 13.3. The number of hydrogen-bond acceptors (Lipinski definition) is 11. The molecule has 0 amide bonds. The fourth-order valence-electron chi connectivity index (χ4n) is 2.54. The molecule has 0 spiro atoms. The maximum atomic E-state index is 10.9. The number of carbonyl (C=O) groups is 1. The van der Waals surface area contributed by atoms with Crippen molar-refractivity contribution < 1.29 is 52.9 Å². The molecule has 0 heterocycles. The van der Waals surface area contributed by atoms with Gasteiger partial charge in [0.15, 0.2) is 33.5 Å². The minimum atomic E-state index is 0.0779. The van der Waals surface area contributed by atoms with Gasteiger partial charge in [0, 0.05) is 40.6 Å². The van der Waals surface area contributed by atoms with E-state index in [4.69, 9.17) is 48.1 Å². The third-order valence-electron chi connectivity index (χ3n) is 4.13. The molecule has 0 atom stereocenters. The Morgan fingerprint density at radius 2 is 0.974 bits per heavy atom. The number of aromatic hydroxyl groups is 2. The molecule has 208 valence electrons. The number of phenols is 2. The summed E-state index contributed by atoms with van der Waals surface area (Å²) in [4.78, 5) is 10.9. The normalized spacial score (nSPS) is 9.68. The highest BCUT2D eigenvalue weighted by Gasteiger charge is 2.09. The molecule has 38 heavy (non-hydrogen) atoms. The summed E-state index contributed by atoms with van der Waals surface area (Å²) in [6.45, 7) is 0.616. The van der Waals surface area contributed by atoms with Crippen LogP contribution < -0.4 is 18.9 Å². The van der Waals surface area contributed by atoms with Gasteiger partial charge in [0.2, 0.25) is 0 Å². The van der Waals surface area contributed by atoms with Crippen LogP contribution in [0.4, 0.5) is 0 Å². The Labute approximate surface area is 222 Å². The number of carbonyl (C=O) groups excluding carboxylic acids is 1. The lowest BCUT2D eigenvalue weighted by Gasteiger charge is -2.11. The Morgan fingerprint density at radius 3 is 1.34 bits per heavy atom. The van der Waals surface area contributed by atoms with Gasteiger partial charge >= 0.3 is 0 Å². The van der Waals surface area contributed by atoms with E-state index in [0.29, 0.717) is 34.8 Å². The molecule has 2 N–H and O–H groups in total. The first-order valence-corrected chi connectivity index (χ1v) is 11.1. The van der Waals surface area contributed by atoms with Gasteiger partial charge in [0.1, 0.15) is 34.5 Å². The number of ether oxygens (including phenoxy) is 8. The Bertz CT molecular complexity index is 976. The van der Waals surface area contributed by atoms with E-state index in [1.165, 1.54) is 32.4 Å². The summed E-state index contributed by atoms with van der Waals surface area (Å²) in [6, 6.07) is 18.2. The molecule has 0 aliphatic carbocycles. The van der Waals surface area contributed by atoms with Gasteiger partial charge in [-0.2, -0.15) is 0 Å². The summed E-state index contributed by atoms with van der Waals surface area (Å²) in [5.41, 5.74) is 0.344. The molecule has 0 aromatic heterocycles. The monoisotopic (exact) mass is 534 g/mol. The first-order valence-electron chi connectivity index (χ1n) is 11.1. The lowest BCUT2D eigenvalue weighted by Crippen LogP contribution is -2.05. The zero-order chi connectivity index (χ0) is 28.0. The number of benzene rings is 3. The highest BCUT2D eigenvalue weighted by molar-refractivity contribution is 5.83. The van der Waals surface area contributed by atoms with Crippen LogP contribution in [-0.4, -0.2) is 72.1 Å². The number of methoxy groups -OCH3 is 4. The molecule has 11 heteroatoms. The van der Waals surface area contributed by atoms with Crippen molar-refractivity contribution in [1.82, 2.24) is 0 Å². The van der Waals surface area contributed by atoms with Crippen molar-refractivity contribution in [2.24, 2.45) is 0 Å². The quantitative estimate of drug-likeness (QED) is 0.241. The zero-order valence-electron chi connectivity index (χ0n) is 21.8. The Kier molecular flexibility index (Phi) is 16.9. The molecule has 0 saturated heterocycles. The van der Waals surface area contributed by atoms with E-state index in [-0.39, 0.29) is 38.7 Å². The van der Waals surface area contributed by atoms with Gasteiger partial charge in [-0.05, 0) is 36.4 Å². The van der Waals surface area contributed by atoms with E-state index in [1.807, 2.05) is 18.2 Å². The molecule has 0 fully saturated rings. The van der Waals surface area contributed by atoms with E-state index >= 15 is 0 Å². The third-order valence-corrected chi connectivity index (χ3v) is 4.13. The van der Waals surface area contributed by atoms with Gasteiger partial charge in [-0.25, -0.2) is 0 Å². The molecule has 0 saturated carbocycles. The minimum Gasteiger partial charge on any atom is -0.508 e. The summed E-state index contributed by atoms with van der Waals surface area (Å²) < 4.78 is 40.0. The minimum absolute atomic E-state index is 0.0779. The highest BCUT2D eigenvalue weighted by atomic mass is 16.7. The van der Waals surface area contributed by atoms with Crippen molar-refractivity contribution in [1.29, 1.82) is 0 Å². The average Bonchev–Trinajstić information content (AvgIpc) is 2.93. The lowest BCUT2D eigenvalue weighted by atomic mass is 10.2. The second-order valence-electron chi connectivity index (χ2n) is 6.98. The lowest BCUT2D eigenvalue weighted by molar-refractivity contribution is 0.0448. The average molecular weight is 535 g/mol. The molecule has 0 radical (unpaired) electrons. The molecule has 3 aromatic rings. The van der Waals surface area contributed by atoms with Crippen LogP contribution in [0.3, 0.4) is 0 Å². The maximum Gasteiger partial charge on any atom is 0.188 e. The molecular weight excluding hydrogens is 500 g/mol. The molecule has 3 rings (SSSR count). The number of hydrogen-bond donors (Lipinski definition) is 2. The fraction of sp³-hybridized carbons (Fsp3) is 0.296. The van der Waals surface area contributed by atoms with Crippen LogP contribution in [-0.2, 0) is 18.9 Å².